The lowest BCUT2D eigenvalue weighted by atomic mass is 10.2. The third-order valence-corrected chi connectivity index (χ3v) is 6.64. The number of benzene rings is 1. The quantitative estimate of drug-likeness (QED) is 0.653. The Balaban J connectivity index is 3.10. The van der Waals surface area contributed by atoms with Crippen LogP contribution in [0.1, 0.15) is 12.0 Å². The van der Waals surface area contributed by atoms with Gasteiger partial charge < -0.3 is 5.11 Å². The number of carbonyl (C=O) groups is 1. The summed E-state index contributed by atoms with van der Waals surface area (Å²) in [5.41, 5.74) is 0.873. The van der Waals surface area contributed by atoms with Gasteiger partial charge in [-0.05, 0) is 59.0 Å². The molecule has 2 N–H and O–H groups in total. The molecular formula is C12H15Br2NO4S2. The number of nitrogens with one attached hydrogen (secondary N) is 1. The van der Waals surface area contributed by atoms with Gasteiger partial charge in [-0.2, -0.15) is 16.5 Å². The molecule has 0 fully saturated rings. The molecule has 0 aliphatic carbocycles. The molecule has 0 heterocycles. The summed E-state index contributed by atoms with van der Waals surface area (Å²) in [5, 5.41) is 9.12. The van der Waals surface area contributed by atoms with E-state index in [2.05, 4.69) is 36.6 Å². The van der Waals surface area contributed by atoms with Crippen LogP contribution in [-0.4, -0.2) is 37.5 Å². The van der Waals surface area contributed by atoms with E-state index in [1.165, 1.54) is 17.8 Å². The molecular weight excluding hydrogens is 446 g/mol. The van der Waals surface area contributed by atoms with Crippen LogP contribution in [0, 0.1) is 6.92 Å². The SMILES string of the molecule is CSCC[C@@H](NS(=O)(=O)c1cc(Br)c(C)cc1Br)C(=O)O. The summed E-state index contributed by atoms with van der Waals surface area (Å²) in [4.78, 5) is 11.2. The lowest BCUT2D eigenvalue weighted by Gasteiger charge is -2.15. The zero-order valence-electron chi connectivity index (χ0n) is 11.4. The van der Waals surface area contributed by atoms with Gasteiger partial charge in [-0.1, -0.05) is 15.9 Å². The van der Waals surface area contributed by atoms with Gasteiger partial charge in [0, 0.05) is 8.95 Å². The molecule has 0 spiro atoms. The molecule has 1 aromatic carbocycles. The van der Waals surface area contributed by atoms with Gasteiger partial charge in [0.25, 0.3) is 0 Å². The minimum absolute atomic E-state index is 0.00961. The van der Waals surface area contributed by atoms with Gasteiger partial charge in [0.2, 0.25) is 10.0 Å². The van der Waals surface area contributed by atoms with E-state index >= 15 is 0 Å². The second-order valence-corrected chi connectivity index (χ2v) is 8.70. The molecule has 0 unspecified atom stereocenters. The molecule has 0 saturated heterocycles. The number of aliphatic carboxylic acids is 1. The van der Waals surface area contributed by atoms with E-state index in [1.807, 2.05) is 13.2 Å². The van der Waals surface area contributed by atoms with Crippen LogP contribution < -0.4 is 4.72 Å². The molecule has 1 rings (SSSR count). The molecule has 21 heavy (non-hydrogen) atoms. The molecule has 0 amide bonds. The predicted octanol–water partition coefficient (Wildman–Crippen LogP) is 3.00. The van der Waals surface area contributed by atoms with Crippen molar-refractivity contribution in [3.63, 3.8) is 0 Å². The van der Waals surface area contributed by atoms with Crippen LogP contribution >= 0.6 is 43.6 Å². The fraction of sp³-hybridized carbons (Fsp3) is 0.417. The molecule has 0 bridgehead atoms. The number of halogens is 2. The molecule has 0 aliphatic heterocycles. The first-order valence-electron chi connectivity index (χ1n) is 5.88. The number of carboxylic acids is 1. The summed E-state index contributed by atoms with van der Waals surface area (Å²) in [6, 6.07) is 1.97. The minimum atomic E-state index is -3.92. The van der Waals surface area contributed by atoms with Gasteiger partial charge in [-0.3, -0.25) is 4.79 Å². The van der Waals surface area contributed by atoms with E-state index in [-0.39, 0.29) is 11.3 Å². The van der Waals surface area contributed by atoms with Crippen LogP contribution in [0.25, 0.3) is 0 Å². The van der Waals surface area contributed by atoms with E-state index in [4.69, 9.17) is 5.11 Å². The van der Waals surface area contributed by atoms with Crippen LogP contribution in [0.3, 0.4) is 0 Å². The topological polar surface area (TPSA) is 83.5 Å². The van der Waals surface area contributed by atoms with Gasteiger partial charge in [-0.25, -0.2) is 8.42 Å². The predicted molar refractivity (Wildman–Crippen MR) is 91.3 cm³/mol. The maximum Gasteiger partial charge on any atom is 0.321 e. The zero-order chi connectivity index (χ0) is 16.2. The third kappa shape index (κ3) is 5.24. The van der Waals surface area contributed by atoms with Crippen molar-refractivity contribution in [1.29, 1.82) is 0 Å². The number of hydrogen-bond donors (Lipinski definition) is 2. The Hall–Kier alpha value is -0.0900. The highest BCUT2D eigenvalue weighted by molar-refractivity contribution is 9.11. The smallest absolute Gasteiger partial charge is 0.321 e. The van der Waals surface area contributed by atoms with Crippen molar-refractivity contribution in [3.8, 4) is 0 Å². The van der Waals surface area contributed by atoms with Crippen LogP contribution in [0.5, 0.6) is 0 Å². The second-order valence-electron chi connectivity index (χ2n) is 4.33. The highest BCUT2D eigenvalue weighted by Crippen LogP contribution is 2.29. The van der Waals surface area contributed by atoms with E-state index < -0.39 is 22.0 Å². The monoisotopic (exact) mass is 459 g/mol. The van der Waals surface area contributed by atoms with Crippen LogP contribution in [0.2, 0.25) is 0 Å². The molecule has 0 radical (unpaired) electrons. The second kappa shape index (κ2) is 7.96. The maximum atomic E-state index is 12.4. The molecule has 1 atom stereocenters. The van der Waals surface area contributed by atoms with Crippen molar-refractivity contribution >= 4 is 59.6 Å². The standard InChI is InChI=1S/C12H15Br2NO4S2/c1-7-5-9(14)11(6-8(7)13)21(18,19)15-10(12(16)17)3-4-20-2/h5-6,10,15H,3-4H2,1-2H3,(H,16,17)/t10-/m1/s1. The van der Waals surface area contributed by atoms with E-state index in [0.717, 1.165) is 5.56 Å². The van der Waals surface area contributed by atoms with Crippen molar-refractivity contribution in [1.82, 2.24) is 4.72 Å². The Morgan fingerprint density at radius 1 is 1.38 bits per heavy atom. The van der Waals surface area contributed by atoms with Crippen LogP contribution in [0.15, 0.2) is 26.0 Å². The highest BCUT2D eigenvalue weighted by atomic mass is 79.9. The van der Waals surface area contributed by atoms with Crippen molar-refractivity contribution in [2.45, 2.75) is 24.3 Å². The molecule has 0 aliphatic rings. The summed E-state index contributed by atoms with van der Waals surface area (Å²) in [7, 11) is -3.92. The first-order valence-corrected chi connectivity index (χ1v) is 10.3. The van der Waals surface area contributed by atoms with Crippen molar-refractivity contribution < 1.29 is 18.3 Å². The van der Waals surface area contributed by atoms with Crippen molar-refractivity contribution in [2.24, 2.45) is 0 Å². The van der Waals surface area contributed by atoms with E-state index in [1.54, 1.807) is 6.07 Å². The number of thioether (sulfide) groups is 1. The fourth-order valence-electron chi connectivity index (χ4n) is 1.55. The molecule has 1 aromatic rings. The third-order valence-electron chi connectivity index (χ3n) is 2.71. The Morgan fingerprint density at radius 3 is 2.52 bits per heavy atom. The van der Waals surface area contributed by atoms with E-state index in [0.29, 0.717) is 14.7 Å². The summed E-state index contributed by atoms with van der Waals surface area (Å²) < 4.78 is 28.0. The van der Waals surface area contributed by atoms with Crippen LogP contribution in [-0.2, 0) is 14.8 Å². The van der Waals surface area contributed by atoms with Crippen LogP contribution in [0.4, 0.5) is 0 Å². The molecule has 9 heteroatoms. The largest absolute Gasteiger partial charge is 0.480 e. The average Bonchev–Trinajstić information content (AvgIpc) is 2.38. The number of hydrogen-bond acceptors (Lipinski definition) is 4. The van der Waals surface area contributed by atoms with Gasteiger partial charge in [0.15, 0.2) is 0 Å². The Bertz CT molecular complexity index is 634. The molecule has 118 valence electrons. The Morgan fingerprint density at radius 2 is 2.00 bits per heavy atom. The Labute approximate surface area is 145 Å². The van der Waals surface area contributed by atoms with E-state index in [9.17, 15) is 13.2 Å². The summed E-state index contributed by atoms with van der Waals surface area (Å²) in [6.45, 7) is 1.83. The summed E-state index contributed by atoms with van der Waals surface area (Å²) in [5.74, 6) is -0.631. The van der Waals surface area contributed by atoms with Gasteiger partial charge >= 0.3 is 5.97 Å². The van der Waals surface area contributed by atoms with Crippen molar-refractivity contribution in [3.05, 3.63) is 26.6 Å². The first kappa shape index (κ1) is 19.0. The molecule has 0 saturated carbocycles. The molecule has 0 aromatic heterocycles. The van der Waals surface area contributed by atoms with Crippen molar-refractivity contribution in [2.75, 3.05) is 12.0 Å². The highest BCUT2D eigenvalue weighted by Gasteiger charge is 2.27. The lowest BCUT2D eigenvalue weighted by Crippen LogP contribution is -2.41. The normalized spacial score (nSPS) is 13.1. The Kier molecular flexibility index (Phi) is 7.18. The lowest BCUT2D eigenvalue weighted by molar-refractivity contribution is -0.139. The number of aryl methyl sites for hydroxylation is 1. The number of carboxylic acid groups (broad SMARTS) is 1. The minimum Gasteiger partial charge on any atom is -0.480 e. The fourth-order valence-corrected chi connectivity index (χ4v) is 4.93. The van der Waals surface area contributed by atoms with Gasteiger partial charge in [0.05, 0.1) is 4.90 Å². The first-order chi connectivity index (χ1) is 9.69. The zero-order valence-corrected chi connectivity index (χ0v) is 16.2. The molecule has 5 nitrogen and oxygen atoms in total. The number of rotatable bonds is 7. The maximum absolute atomic E-state index is 12.4. The summed E-state index contributed by atoms with van der Waals surface area (Å²) in [6.07, 6.45) is 2.06. The van der Waals surface area contributed by atoms with Gasteiger partial charge in [-0.15, -0.1) is 0 Å². The average molecular weight is 461 g/mol. The van der Waals surface area contributed by atoms with Gasteiger partial charge in [0.1, 0.15) is 6.04 Å². The summed E-state index contributed by atoms with van der Waals surface area (Å²) >= 11 is 7.94. The number of sulfonamides is 1.